The van der Waals surface area contributed by atoms with E-state index in [-0.39, 0.29) is 29.6 Å². The molecule has 0 unspecified atom stereocenters. The zero-order valence-electron chi connectivity index (χ0n) is 18.8. The van der Waals surface area contributed by atoms with E-state index in [0.717, 1.165) is 37.2 Å². The van der Waals surface area contributed by atoms with Crippen LogP contribution in [-0.2, 0) is 35.5 Å². The summed E-state index contributed by atoms with van der Waals surface area (Å²) in [5.41, 5.74) is 1.60. The Bertz CT molecular complexity index is 1020. The fourth-order valence-electron chi connectivity index (χ4n) is 5.27. The number of hydrogen-bond donors (Lipinski definition) is 0. The Morgan fingerprint density at radius 2 is 1.58 bits per heavy atom. The van der Waals surface area contributed by atoms with Crippen LogP contribution < -0.4 is 4.90 Å². The van der Waals surface area contributed by atoms with Gasteiger partial charge in [0.25, 0.3) is 0 Å². The first-order valence-electron chi connectivity index (χ1n) is 11.9. The monoisotopic (exact) mass is 477 g/mol. The highest BCUT2D eigenvalue weighted by Gasteiger charge is 2.43. The van der Waals surface area contributed by atoms with Crippen molar-refractivity contribution < 1.29 is 27.5 Å². The van der Waals surface area contributed by atoms with Crippen molar-refractivity contribution in [3.8, 4) is 0 Å². The number of likely N-dealkylation sites (tertiary alicyclic amines) is 1. The first kappa shape index (κ1) is 22.8. The summed E-state index contributed by atoms with van der Waals surface area (Å²) in [6.45, 7) is 3.91. The molecule has 0 N–H and O–H groups in total. The number of sulfonamides is 1. The average Bonchev–Trinajstić information content (AvgIpc) is 3.58. The van der Waals surface area contributed by atoms with Gasteiger partial charge in [0.15, 0.2) is 5.79 Å². The van der Waals surface area contributed by atoms with E-state index in [1.807, 2.05) is 4.90 Å². The molecule has 9 nitrogen and oxygen atoms in total. The van der Waals surface area contributed by atoms with Gasteiger partial charge in [-0.1, -0.05) is 0 Å². The van der Waals surface area contributed by atoms with Crippen LogP contribution in [0.3, 0.4) is 0 Å². The van der Waals surface area contributed by atoms with Gasteiger partial charge in [-0.05, 0) is 43.0 Å². The standard InChI is InChI=1S/C23H31N3O6S/c27-21(24-10-1-2-11-24)5-6-22(28)26-12-7-18-17-19(3-4-20(18)26)33(29,30)25-13-8-23(9-14-25)31-15-16-32-23/h3-4,17H,1-2,5-16H2. The Morgan fingerprint density at radius 3 is 2.27 bits per heavy atom. The molecular weight excluding hydrogens is 446 g/mol. The van der Waals surface area contributed by atoms with Crippen LogP contribution in [0.1, 0.15) is 44.1 Å². The minimum absolute atomic E-state index is 0.0402. The molecule has 10 heteroatoms. The van der Waals surface area contributed by atoms with Gasteiger partial charge in [-0.25, -0.2) is 8.42 Å². The lowest BCUT2D eigenvalue weighted by Gasteiger charge is -2.36. The maximum Gasteiger partial charge on any atom is 0.243 e. The summed E-state index contributed by atoms with van der Waals surface area (Å²) in [6.07, 6.45) is 4.12. The summed E-state index contributed by atoms with van der Waals surface area (Å²) in [6, 6.07) is 5.01. The Balaban J connectivity index is 1.23. The summed E-state index contributed by atoms with van der Waals surface area (Å²) in [5, 5.41) is 0. The second-order valence-corrected chi connectivity index (χ2v) is 11.1. The smallest absolute Gasteiger partial charge is 0.243 e. The van der Waals surface area contributed by atoms with Crippen LogP contribution in [-0.4, -0.2) is 81.2 Å². The Morgan fingerprint density at radius 1 is 0.909 bits per heavy atom. The molecule has 5 rings (SSSR count). The highest BCUT2D eigenvalue weighted by Crippen LogP contribution is 2.35. The third kappa shape index (κ3) is 4.41. The molecule has 0 aliphatic carbocycles. The van der Waals surface area contributed by atoms with Crippen molar-refractivity contribution in [2.75, 3.05) is 50.8 Å². The predicted molar refractivity (Wildman–Crippen MR) is 120 cm³/mol. The van der Waals surface area contributed by atoms with E-state index in [2.05, 4.69) is 0 Å². The molecule has 1 aromatic rings. The Kier molecular flexibility index (Phi) is 6.19. The maximum atomic E-state index is 13.2. The third-order valence-corrected chi connectivity index (χ3v) is 9.09. The molecule has 1 spiro atoms. The number of ether oxygens (including phenoxy) is 2. The minimum atomic E-state index is -3.63. The molecule has 3 saturated heterocycles. The molecule has 0 radical (unpaired) electrons. The highest BCUT2D eigenvalue weighted by molar-refractivity contribution is 7.89. The maximum absolute atomic E-state index is 13.2. The number of carbonyl (C=O) groups is 2. The zero-order valence-corrected chi connectivity index (χ0v) is 19.6. The minimum Gasteiger partial charge on any atom is -0.347 e. The largest absolute Gasteiger partial charge is 0.347 e. The summed E-state index contributed by atoms with van der Waals surface area (Å²) >= 11 is 0. The summed E-state index contributed by atoms with van der Waals surface area (Å²) < 4.78 is 39.4. The Labute approximate surface area is 194 Å². The highest BCUT2D eigenvalue weighted by atomic mass is 32.2. The van der Waals surface area contributed by atoms with Crippen LogP contribution in [0.25, 0.3) is 0 Å². The lowest BCUT2D eigenvalue weighted by molar-refractivity contribution is -0.179. The average molecular weight is 478 g/mol. The van der Waals surface area contributed by atoms with Gasteiger partial charge in [0.05, 0.1) is 18.1 Å². The van der Waals surface area contributed by atoms with Crippen molar-refractivity contribution in [3.05, 3.63) is 23.8 Å². The summed E-state index contributed by atoms with van der Waals surface area (Å²) in [4.78, 5) is 28.8. The number of hydrogen-bond acceptors (Lipinski definition) is 6. The SMILES string of the molecule is O=C(CCC(=O)N1CCc2cc(S(=O)(=O)N3CCC4(CC3)OCCO4)ccc21)N1CCCC1. The Hall–Kier alpha value is -2.01. The van der Waals surface area contributed by atoms with Crippen molar-refractivity contribution in [1.82, 2.24) is 9.21 Å². The van der Waals surface area contributed by atoms with E-state index in [4.69, 9.17) is 9.47 Å². The molecule has 33 heavy (non-hydrogen) atoms. The molecule has 0 aromatic heterocycles. The number of carbonyl (C=O) groups excluding carboxylic acids is 2. The van der Waals surface area contributed by atoms with Crippen molar-refractivity contribution in [1.29, 1.82) is 0 Å². The third-order valence-electron chi connectivity index (χ3n) is 7.19. The predicted octanol–water partition coefficient (Wildman–Crippen LogP) is 1.51. The molecule has 180 valence electrons. The van der Waals surface area contributed by atoms with E-state index < -0.39 is 15.8 Å². The van der Waals surface area contributed by atoms with Gasteiger partial charge in [-0.3, -0.25) is 9.59 Å². The van der Waals surface area contributed by atoms with Crippen LogP contribution in [0.4, 0.5) is 5.69 Å². The summed E-state index contributed by atoms with van der Waals surface area (Å²) in [7, 11) is -3.63. The van der Waals surface area contributed by atoms with Gasteiger partial charge >= 0.3 is 0 Å². The van der Waals surface area contributed by atoms with Gasteiger partial charge in [0.1, 0.15) is 0 Å². The number of piperidine rings is 1. The molecule has 0 saturated carbocycles. The van der Waals surface area contributed by atoms with Crippen LogP contribution in [0.2, 0.25) is 0 Å². The molecule has 0 bridgehead atoms. The topological polar surface area (TPSA) is 96.5 Å². The molecule has 3 fully saturated rings. The van der Waals surface area contributed by atoms with E-state index in [0.29, 0.717) is 52.1 Å². The fraction of sp³-hybridized carbons (Fsp3) is 0.652. The number of nitrogens with zero attached hydrogens (tertiary/aromatic N) is 3. The molecule has 0 atom stereocenters. The quantitative estimate of drug-likeness (QED) is 0.638. The van der Waals surface area contributed by atoms with Gasteiger partial charge in [-0.15, -0.1) is 0 Å². The van der Waals surface area contributed by atoms with Crippen LogP contribution >= 0.6 is 0 Å². The van der Waals surface area contributed by atoms with E-state index in [1.54, 1.807) is 23.1 Å². The van der Waals surface area contributed by atoms with E-state index >= 15 is 0 Å². The van der Waals surface area contributed by atoms with Crippen LogP contribution in [0.15, 0.2) is 23.1 Å². The fourth-order valence-corrected chi connectivity index (χ4v) is 6.77. The van der Waals surface area contributed by atoms with Crippen LogP contribution in [0.5, 0.6) is 0 Å². The van der Waals surface area contributed by atoms with Gasteiger partial charge in [0, 0.05) is 64.1 Å². The lowest BCUT2D eigenvalue weighted by Crippen LogP contribution is -2.47. The van der Waals surface area contributed by atoms with E-state index in [9.17, 15) is 18.0 Å². The van der Waals surface area contributed by atoms with Crippen molar-refractivity contribution in [2.24, 2.45) is 0 Å². The number of amides is 2. The van der Waals surface area contributed by atoms with Crippen molar-refractivity contribution >= 4 is 27.5 Å². The molecule has 4 aliphatic heterocycles. The first-order valence-corrected chi connectivity index (χ1v) is 13.3. The normalized spacial score (nSPS) is 22.8. The van der Waals surface area contributed by atoms with E-state index in [1.165, 1.54) is 4.31 Å². The van der Waals surface area contributed by atoms with Gasteiger partial charge < -0.3 is 19.3 Å². The van der Waals surface area contributed by atoms with Crippen molar-refractivity contribution in [2.45, 2.75) is 55.6 Å². The number of anilines is 1. The summed E-state index contributed by atoms with van der Waals surface area (Å²) in [5.74, 6) is -0.672. The second-order valence-electron chi connectivity index (χ2n) is 9.19. The molecule has 4 aliphatic rings. The number of benzene rings is 1. The molecule has 2 amide bonds. The zero-order chi connectivity index (χ0) is 23.1. The molecule has 4 heterocycles. The van der Waals surface area contributed by atoms with Gasteiger partial charge in [-0.2, -0.15) is 4.31 Å². The number of fused-ring (bicyclic) bond motifs is 1. The van der Waals surface area contributed by atoms with Crippen molar-refractivity contribution in [3.63, 3.8) is 0 Å². The first-order chi connectivity index (χ1) is 15.9. The van der Waals surface area contributed by atoms with Gasteiger partial charge in [0.2, 0.25) is 21.8 Å². The molecular formula is C23H31N3O6S. The lowest BCUT2D eigenvalue weighted by atomic mass is 10.1. The van der Waals surface area contributed by atoms with Crippen LogP contribution in [0, 0.1) is 0 Å². The molecule has 1 aromatic carbocycles. The number of rotatable bonds is 5. The second kappa shape index (κ2) is 8.98.